The molecule has 0 spiro atoms. The third kappa shape index (κ3) is 4.00. The zero-order valence-corrected chi connectivity index (χ0v) is 15.7. The van der Waals surface area contributed by atoms with E-state index >= 15 is 0 Å². The summed E-state index contributed by atoms with van der Waals surface area (Å²) in [6.45, 7) is 1.63. The predicted molar refractivity (Wildman–Crippen MR) is 101 cm³/mol. The highest BCUT2D eigenvalue weighted by molar-refractivity contribution is 7.99. The number of nitrogens with zero attached hydrogens (tertiary/aromatic N) is 1. The van der Waals surface area contributed by atoms with Crippen LogP contribution in [0.1, 0.15) is 17.2 Å². The molecule has 5 heteroatoms. The molecular weight excluding hydrogens is 369 g/mol. The van der Waals surface area contributed by atoms with Crippen LogP contribution >= 0.6 is 46.6 Å². The van der Waals surface area contributed by atoms with E-state index in [4.69, 9.17) is 34.8 Å². The molecule has 1 atom stereocenters. The van der Waals surface area contributed by atoms with E-state index < -0.39 is 0 Å². The number of rotatable bonds is 5. The summed E-state index contributed by atoms with van der Waals surface area (Å²) in [5, 5.41) is 0.775. The van der Waals surface area contributed by atoms with E-state index in [2.05, 4.69) is 41.3 Å². The first kappa shape index (κ1) is 17.4. The minimum atomic E-state index is 0.248. The zero-order valence-electron chi connectivity index (χ0n) is 12.6. The molecule has 3 rings (SSSR count). The normalized spacial score (nSPS) is 16.8. The molecule has 0 saturated carbocycles. The summed E-state index contributed by atoms with van der Waals surface area (Å²) < 4.78 is 0. The molecule has 2 aromatic rings. The van der Waals surface area contributed by atoms with Gasteiger partial charge in [-0.1, -0.05) is 41.6 Å². The van der Waals surface area contributed by atoms with Crippen molar-refractivity contribution in [1.29, 1.82) is 0 Å². The fraction of sp³-hybridized carbons (Fsp3) is 0.333. The van der Waals surface area contributed by atoms with Gasteiger partial charge in [-0.15, -0.1) is 23.2 Å². The Kier molecular flexibility index (Phi) is 6.17. The minimum absolute atomic E-state index is 0.248. The maximum atomic E-state index is 6.29. The van der Waals surface area contributed by atoms with Crippen LogP contribution in [0.25, 0.3) is 0 Å². The van der Waals surface area contributed by atoms with Crippen molar-refractivity contribution in [2.75, 3.05) is 24.8 Å². The molecule has 0 aromatic heterocycles. The van der Waals surface area contributed by atoms with Gasteiger partial charge in [-0.3, -0.25) is 4.90 Å². The summed E-state index contributed by atoms with van der Waals surface area (Å²) in [5.41, 5.74) is 2.64. The number of alkyl halides is 2. The number of benzene rings is 2. The van der Waals surface area contributed by atoms with Crippen molar-refractivity contribution in [3.05, 3.63) is 58.6 Å². The summed E-state index contributed by atoms with van der Waals surface area (Å²) in [4.78, 5) is 4.95. The molecule has 0 radical (unpaired) electrons. The van der Waals surface area contributed by atoms with E-state index in [1.54, 1.807) is 0 Å². The van der Waals surface area contributed by atoms with E-state index in [0.717, 1.165) is 24.5 Å². The van der Waals surface area contributed by atoms with Crippen LogP contribution in [0.2, 0.25) is 5.02 Å². The second-order valence-electron chi connectivity index (χ2n) is 5.53. The Bertz CT molecular complexity index is 671. The molecule has 122 valence electrons. The van der Waals surface area contributed by atoms with E-state index in [9.17, 15) is 0 Å². The van der Waals surface area contributed by atoms with Crippen molar-refractivity contribution in [3.8, 4) is 0 Å². The minimum Gasteiger partial charge on any atom is -0.294 e. The Morgan fingerprint density at radius 2 is 1.74 bits per heavy atom. The number of hydrogen-bond acceptors (Lipinski definition) is 2. The van der Waals surface area contributed by atoms with Crippen LogP contribution in [0.4, 0.5) is 0 Å². The van der Waals surface area contributed by atoms with Crippen LogP contribution in [0.15, 0.2) is 52.3 Å². The van der Waals surface area contributed by atoms with E-state index in [0.29, 0.717) is 11.8 Å². The Hall–Kier alpha value is -0.380. The lowest BCUT2D eigenvalue weighted by Gasteiger charge is -2.31. The quantitative estimate of drug-likeness (QED) is 0.591. The number of fused-ring (bicyclic) bond motifs is 2. The van der Waals surface area contributed by atoms with Gasteiger partial charge in [0.25, 0.3) is 0 Å². The highest BCUT2D eigenvalue weighted by Crippen LogP contribution is 2.43. The monoisotopic (exact) mass is 385 g/mol. The van der Waals surface area contributed by atoms with Crippen LogP contribution in [-0.4, -0.2) is 29.7 Å². The van der Waals surface area contributed by atoms with Gasteiger partial charge in [-0.05, 0) is 41.8 Å². The van der Waals surface area contributed by atoms with E-state index in [1.807, 2.05) is 17.8 Å². The summed E-state index contributed by atoms with van der Waals surface area (Å²) in [7, 11) is 0. The molecule has 0 bridgehead atoms. The Labute approximate surface area is 156 Å². The van der Waals surface area contributed by atoms with E-state index in [-0.39, 0.29) is 6.04 Å². The SMILES string of the molecule is ClCCN(CCCl)[C@@H]1Cc2ccccc2Sc2ccc(Cl)cc21. The van der Waals surface area contributed by atoms with Gasteiger partial charge < -0.3 is 0 Å². The van der Waals surface area contributed by atoms with Gasteiger partial charge in [-0.25, -0.2) is 0 Å². The predicted octanol–water partition coefficient (Wildman–Crippen LogP) is 5.87. The molecule has 0 amide bonds. The van der Waals surface area contributed by atoms with Crippen molar-refractivity contribution >= 4 is 46.6 Å². The first-order valence-electron chi connectivity index (χ1n) is 7.64. The van der Waals surface area contributed by atoms with Crippen LogP contribution in [0.3, 0.4) is 0 Å². The molecule has 0 unspecified atom stereocenters. The van der Waals surface area contributed by atoms with Gasteiger partial charge in [-0.2, -0.15) is 0 Å². The maximum Gasteiger partial charge on any atom is 0.0410 e. The van der Waals surface area contributed by atoms with Gasteiger partial charge >= 0.3 is 0 Å². The van der Waals surface area contributed by atoms with Gasteiger partial charge in [0, 0.05) is 45.7 Å². The average Bonchev–Trinajstić information content (AvgIpc) is 2.71. The van der Waals surface area contributed by atoms with Gasteiger partial charge in [0.2, 0.25) is 0 Å². The van der Waals surface area contributed by atoms with Crippen LogP contribution in [0.5, 0.6) is 0 Å². The number of halogens is 3. The molecule has 1 aliphatic rings. The van der Waals surface area contributed by atoms with Crippen molar-refractivity contribution in [1.82, 2.24) is 4.90 Å². The van der Waals surface area contributed by atoms with Crippen molar-refractivity contribution in [2.45, 2.75) is 22.3 Å². The average molecular weight is 387 g/mol. The highest BCUT2D eigenvalue weighted by atomic mass is 35.5. The summed E-state index contributed by atoms with van der Waals surface area (Å²) in [6, 6.07) is 15.0. The van der Waals surface area contributed by atoms with E-state index in [1.165, 1.54) is 20.9 Å². The van der Waals surface area contributed by atoms with Crippen LogP contribution in [-0.2, 0) is 6.42 Å². The summed E-state index contributed by atoms with van der Waals surface area (Å²) in [5.74, 6) is 1.19. The molecule has 1 heterocycles. The molecule has 1 nitrogen and oxygen atoms in total. The highest BCUT2D eigenvalue weighted by Gasteiger charge is 2.27. The van der Waals surface area contributed by atoms with Gasteiger partial charge in [0.05, 0.1) is 0 Å². The fourth-order valence-corrected chi connectivity index (χ4v) is 4.78. The third-order valence-electron chi connectivity index (χ3n) is 4.12. The molecule has 0 saturated heterocycles. The Morgan fingerprint density at radius 1 is 1.00 bits per heavy atom. The second-order valence-corrected chi connectivity index (χ2v) is 7.80. The van der Waals surface area contributed by atoms with Crippen molar-refractivity contribution < 1.29 is 0 Å². The standard InChI is InChI=1S/C18H18Cl3NS/c19-7-9-22(10-8-20)16-11-13-3-1-2-4-17(13)23-18-6-5-14(21)12-15(16)18/h1-6,12,16H,7-11H2/t16-/m1/s1. The Balaban J connectivity index is 2.07. The van der Waals surface area contributed by atoms with Gasteiger partial charge in [0.1, 0.15) is 0 Å². The maximum absolute atomic E-state index is 6.29. The summed E-state index contributed by atoms with van der Waals surface area (Å²) >= 11 is 20.2. The molecule has 0 N–H and O–H groups in total. The zero-order chi connectivity index (χ0) is 16.2. The van der Waals surface area contributed by atoms with Crippen LogP contribution < -0.4 is 0 Å². The first-order valence-corrected chi connectivity index (χ1v) is 9.90. The lowest BCUT2D eigenvalue weighted by molar-refractivity contribution is 0.217. The lowest BCUT2D eigenvalue weighted by atomic mass is 9.97. The van der Waals surface area contributed by atoms with Crippen molar-refractivity contribution in [2.24, 2.45) is 0 Å². The third-order valence-corrected chi connectivity index (χ3v) is 5.90. The Morgan fingerprint density at radius 3 is 2.48 bits per heavy atom. The lowest BCUT2D eigenvalue weighted by Crippen LogP contribution is -2.33. The molecule has 0 aliphatic carbocycles. The smallest absolute Gasteiger partial charge is 0.0410 e. The topological polar surface area (TPSA) is 3.24 Å². The molecule has 2 aromatic carbocycles. The first-order chi connectivity index (χ1) is 11.2. The fourth-order valence-electron chi connectivity index (χ4n) is 3.05. The van der Waals surface area contributed by atoms with Crippen LogP contribution in [0, 0.1) is 0 Å². The summed E-state index contributed by atoms with van der Waals surface area (Å²) in [6.07, 6.45) is 0.949. The largest absolute Gasteiger partial charge is 0.294 e. The number of hydrogen-bond donors (Lipinski definition) is 0. The molecule has 23 heavy (non-hydrogen) atoms. The molecule has 1 aliphatic heterocycles. The molecule has 0 fully saturated rings. The molecular formula is C18H18Cl3NS. The van der Waals surface area contributed by atoms with Gasteiger partial charge in [0.15, 0.2) is 0 Å². The van der Waals surface area contributed by atoms with Crippen molar-refractivity contribution in [3.63, 3.8) is 0 Å². The second kappa shape index (κ2) is 8.13.